The summed E-state index contributed by atoms with van der Waals surface area (Å²) in [7, 11) is 1.23. The molecule has 0 fully saturated rings. The van der Waals surface area contributed by atoms with E-state index < -0.39 is 24.0 Å². The Kier molecular flexibility index (Phi) is 5.06. The second-order valence-corrected chi connectivity index (χ2v) is 2.72. The molecule has 13 heavy (non-hydrogen) atoms. The van der Waals surface area contributed by atoms with E-state index in [9.17, 15) is 9.59 Å². The summed E-state index contributed by atoms with van der Waals surface area (Å²) < 4.78 is 4.44. The van der Waals surface area contributed by atoms with Crippen molar-refractivity contribution in [1.82, 2.24) is 0 Å². The first-order chi connectivity index (χ1) is 6.02. The third kappa shape index (κ3) is 3.89. The highest BCUT2D eigenvalue weighted by molar-refractivity contribution is 5.75. The minimum absolute atomic E-state index is 0.0987. The summed E-state index contributed by atoms with van der Waals surface area (Å²) in [6.45, 7) is 1.73. The van der Waals surface area contributed by atoms with Crippen LogP contribution in [-0.2, 0) is 14.3 Å². The number of carboxylic acid groups (broad SMARTS) is 1. The van der Waals surface area contributed by atoms with Crippen LogP contribution < -0.4 is 0 Å². The van der Waals surface area contributed by atoms with Crippen molar-refractivity contribution in [1.29, 1.82) is 0 Å². The van der Waals surface area contributed by atoms with Crippen LogP contribution in [0.15, 0.2) is 0 Å². The number of hydrogen-bond acceptors (Lipinski definition) is 4. The molecule has 0 saturated heterocycles. The highest BCUT2D eigenvalue weighted by atomic mass is 16.5. The number of rotatable bonds is 5. The second kappa shape index (κ2) is 5.53. The Morgan fingerprint density at radius 3 is 2.31 bits per heavy atom. The van der Waals surface area contributed by atoms with Gasteiger partial charge >= 0.3 is 11.9 Å². The van der Waals surface area contributed by atoms with Crippen LogP contribution in [0, 0.1) is 5.92 Å². The van der Waals surface area contributed by atoms with Crippen LogP contribution in [0.2, 0.25) is 0 Å². The second-order valence-electron chi connectivity index (χ2n) is 2.72. The molecule has 0 spiro atoms. The van der Waals surface area contributed by atoms with E-state index in [1.807, 2.05) is 0 Å². The van der Waals surface area contributed by atoms with Gasteiger partial charge in [-0.25, -0.2) is 4.79 Å². The normalized spacial score (nSPS) is 14.7. The van der Waals surface area contributed by atoms with Gasteiger partial charge in [-0.2, -0.15) is 0 Å². The number of methoxy groups -OCH3 is 1. The first-order valence-corrected chi connectivity index (χ1v) is 4.01. The zero-order valence-electron chi connectivity index (χ0n) is 7.69. The molecule has 5 nitrogen and oxygen atoms in total. The molecule has 0 aromatic rings. The molecular formula is C8H14O5. The van der Waals surface area contributed by atoms with Crippen molar-refractivity contribution in [2.45, 2.75) is 25.9 Å². The molecule has 0 aliphatic rings. The number of hydrogen-bond donors (Lipinski definition) is 2. The van der Waals surface area contributed by atoms with Gasteiger partial charge in [0.15, 0.2) is 6.10 Å². The Hall–Kier alpha value is -1.10. The van der Waals surface area contributed by atoms with Crippen molar-refractivity contribution in [2.24, 2.45) is 5.92 Å². The van der Waals surface area contributed by atoms with Gasteiger partial charge in [-0.3, -0.25) is 4.79 Å². The number of carbonyl (C=O) groups excluding carboxylic acids is 1. The lowest BCUT2D eigenvalue weighted by atomic mass is 9.99. The highest BCUT2D eigenvalue weighted by Gasteiger charge is 2.24. The average Bonchev–Trinajstić information content (AvgIpc) is 2.12. The Bertz CT molecular complexity index is 189. The Morgan fingerprint density at radius 2 is 2.00 bits per heavy atom. The van der Waals surface area contributed by atoms with E-state index in [4.69, 9.17) is 10.2 Å². The molecule has 0 aliphatic carbocycles. The van der Waals surface area contributed by atoms with E-state index in [-0.39, 0.29) is 6.42 Å². The Labute approximate surface area is 76.3 Å². The van der Waals surface area contributed by atoms with E-state index >= 15 is 0 Å². The fourth-order valence-corrected chi connectivity index (χ4v) is 0.967. The molecule has 0 rings (SSSR count). The lowest BCUT2D eigenvalue weighted by Gasteiger charge is -2.13. The molecule has 2 unspecified atom stereocenters. The van der Waals surface area contributed by atoms with Gasteiger partial charge in [0.05, 0.1) is 13.0 Å². The van der Waals surface area contributed by atoms with E-state index in [0.717, 1.165) is 0 Å². The van der Waals surface area contributed by atoms with Gasteiger partial charge in [-0.1, -0.05) is 6.92 Å². The lowest BCUT2D eigenvalue weighted by molar-refractivity contribution is -0.151. The summed E-state index contributed by atoms with van der Waals surface area (Å²) in [4.78, 5) is 21.2. The third-order valence-corrected chi connectivity index (χ3v) is 1.82. The molecule has 76 valence electrons. The van der Waals surface area contributed by atoms with Gasteiger partial charge in [0.25, 0.3) is 0 Å². The predicted octanol–water partition coefficient (Wildman–Crippen LogP) is 0.0212. The maximum atomic E-state index is 11.0. The van der Waals surface area contributed by atoms with Gasteiger partial charge in [0, 0.05) is 0 Å². The van der Waals surface area contributed by atoms with Crippen LogP contribution >= 0.6 is 0 Å². The molecular weight excluding hydrogens is 176 g/mol. The van der Waals surface area contributed by atoms with Crippen molar-refractivity contribution < 1.29 is 24.5 Å². The Balaban J connectivity index is 4.12. The molecule has 2 atom stereocenters. The average molecular weight is 190 g/mol. The van der Waals surface area contributed by atoms with Crippen LogP contribution in [0.3, 0.4) is 0 Å². The minimum atomic E-state index is -1.50. The quantitative estimate of drug-likeness (QED) is 0.597. The van der Waals surface area contributed by atoms with Crippen LogP contribution in [0.1, 0.15) is 19.8 Å². The summed E-state index contributed by atoms with van der Waals surface area (Å²) in [5, 5.41) is 17.3. The number of carbonyl (C=O) groups is 2. The van der Waals surface area contributed by atoms with Crippen molar-refractivity contribution >= 4 is 11.9 Å². The first-order valence-electron chi connectivity index (χ1n) is 4.01. The number of aliphatic carboxylic acids is 1. The van der Waals surface area contributed by atoms with Crippen LogP contribution in [0.5, 0.6) is 0 Å². The van der Waals surface area contributed by atoms with Crippen molar-refractivity contribution in [3.05, 3.63) is 0 Å². The molecule has 0 radical (unpaired) electrons. The van der Waals surface area contributed by atoms with Gasteiger partial charge in [-0.05, 0) is 12.8 Å². The minimum Gasteiger partial charge on any atom is -0.479 e. The van der Waals surface area contributed by atoms with Gasteiger partial charge < -0.3 is 14.9 Å². The number of aliphatic hydroxyl groups is 1. The smallest absolute Gasteiger partial charge is 0.332 e. The topological polar surface area (TPSA) is 83.8 Å². The molecule has 5 heteroatoms. The van der Waals surface area contributed by atoms with Gasteiger partial charge in [0.1, 0.15) is 0 Å². The molecule has 0 heterocycles. The van der Waals surface area contributed by atoms with E-state index in [1.165, 1.54) is 7.11 Å². The molecule has 0 aromatic heterocycles. The number of ether oxygens (including phenoxy) is 1. The molecule has 2 N–H and O–H groups in total. The van der Waals surface area contributed by atoms with Gasteiger partial charge in [0.2, 0.25) is 0 Å². The summed E-state index contributed by atoms with van der Waals surface area (Å²) >= 11 is 0. The maximum Gasteiger partial charge on any atom is 0.332 e. The Morgan fingerprint density at radius 1 is 1.46 bits per heavy atom. The van der Waals surface area contributed by atoms with Crippen molar-refractivity contribution in [3.8, 4) is 0 Å². The summed E-state index contributed by atoms with van der Waals surface area (Å²) in [6, 6.07) is 0. The SMILES string of the molecule is CCC(CC(O)C(=O)O)C(=O)OC. The zero-order chi connectivity index (χ0) is 10.4. The summed E-state index contributed by atoms with van der Waals surface area (Å²) in [5.74, 6) is -2.35. The first kappa shape index (κ1) is 11.9. The number of aliphatic hydroxyl groups excluding tert-OH is 1. The number of esters is 1. The maximum absolute atomic E-state index is 11.0. The van der Waals surface area contributed by atoms with Crippen molar-refractivity contribution in [3.63, 3.8) is 0 Å². The largest absolute Gasteiger partial charge is 0.479 e. The van der Waals surface area contributed by atoms with Crippen LogP contribution in [0.4, 0.5) is 0 Å². The van der Waals surface area contributed by atoms with Crippen molar-refractivity contribution in [2.75, 3.05) is 7.11 Å². The van der Waals surface area contributed by atoms with Gasteiger partial charge in [-0.15, -0.1) is 0 Å². The summed E-state index contributed by atoms with van der Waals surface area (Å²) in [5.41, 5.74) is 0. The highest BCUT2D eigenvalue weighted by Crippen LogP contribution is 2.12. The van der Waals surface area contributed by atoms with E-state index in [0.29, 0.717) is 6.42 Å². The fourth-order valence-electron chi connectivity index (χ4n) is 0.967. The monoisotopic (exact) mass is 190 g/mol. The fraction of sp³-hybridized carbons (Fsp3) is 0.750. The predicted molar refractivity (Wildman–Crippen MR) is 44.1 cm³/mol. The summed E-state index contributed by atoms with van der Waals surface area (Å²) in [6.07, 6.45) is -1.14. The number of carboxylic acids is 1. The standard InChI is InChI=1S/C8H14O5/c1-3-5(8(12)13-2)4-6(9)7(10)11/h5-6,9H,3-4H2,1-2H3,(H,10,11). The molecule has 0 aromatic carbocycles. The molecule has 0 aliphatic heterocycles. The van der Waals surface area contributed by atoms with E-state index in [1.54, 1.807) is 6.92 Å². The van der Waals surface area contributed by atoms with Crippen LogP contribution in [-0.4, -0.2) is 35.4 Å². The molecule has 0 saturated carbocycles. The zero-order valence-corrected chi connectivity index (χ0v) is 7.69. The third-order valence-electron chi connectivity index (χ3n) is 1.82. The van der Waals surface area contributed by atoms with E-state index in [2.05, 4.69) is 4.74 Å². The van der Waals surface area contributed by atoms with Crippen LogP contribution in [0.25, 0.3) is 0 Å². The molecule has 0 bridgehead atoms. The molecule has 0 amide bonds. The lowest BCUT2D eigenvalue weighted by Crippen LogP contribution is -2.27.